The molecule has 0 aliphatic rings. The molecule has 0 aromatic heterocycles. The van der Waals surface area contributed by atoms with Crippen molar-refractivity contribution in [2.24, 2.45) is 0 Å². The van der Waals surface area contributed by atoms with E-state index in [0.717, 1.165) is 0 Å². The van der Waals surface area contributed by atoms with Crippen molar-refractivity contribution in [3.05, 3.63) is 0 Å². The minimum Gasteiger partial charge on any atom is -0.652 e. The van der Waals surface area contributed by atoms with E-state index in [1.54, 1.807) is 0 Å². The van der Waals surface area contributed by atoms with Crippen LogP contribution in [0.5, 0.6) is 0 Å². The van der Waals surface area contributed by atoms with Gasteiger partial charge in [-0.3, -0.25) is 0 Å². The Bertz CT molecular complexity index is 73.7. The number of carbonyl (C=O) groups is 2. The van der Waals surface area contributed by atoms with E-state index in [1.165, 1.54) is 0 Å². The zero-order valence-electron chi connectivity index (χ0n) is 4.86. The van der Waals surface area contributed by atoms with E-state index in [0.29, 0.717) is 0 Å². The van der Waals surface area contributed by atoms with Gasteiger partial charge in [-0.15, -0.1) is 0 Å². The predicted molar refractivity (Wildman–Crippen MR) is 22.3 cm³/mol. The molecule has 0 aromatic carbocycles. The quantitative estimate of drug-likeness (QED) is 0.403. The zero-order chi connectivity index (χ0) is 7.15. The standard InChI is InChI=1S/2CH2O3.Ba.Sr/c2*2-1(3)4;;/h2*(H2,2,3,4);;/q;;2*+2/p-4. The summed E-state index contributed by atoms with van der Waals surface area (Å²) in [7, 11) is 0. The topological polar surface area (TPSA) is 126 Å². The molecule has 0 bridgehead atoms. The van der Waals surface area contributed by atoms with Gasteiger partial charge in [0.25, 0.3) is 0 Å². The molecule has 0 aromatic rings. The fourth-order valence-corrected chi connectivity index (χ4v) is 0. The van der Waals surface area contributed by atoms with Crippen LogP contribution in [0.2, 0.25) is 0 Å². The van der Waals surface area contributed by atoms with Gasteiger partial charge >= 0.3 is 94.4 Å². The third kappa shape index (κ3) is 279. The second kappa shape index (κ2) is 16.9. The molecule has 0 amide bonds. The van der Waals surface area contributed by atoms with Gasteiger partial charge < -0.3 is 30.0 Å². The van der Waals surface area contributed by atoms with Crippen molar-refractivity contribution in [2.45, 2.75) is 0 Å². The van der Waals surface area contributed by atoms with E-state index >= 15 is 0 Å². The van der Waals surface area contributed by atoms with Gasteiger partial charge in [-0.1, -0.05) is 0 Å². The monoisotopic (exact) mass is 346 g/mol. The van der Waals surface area contributed by atoms with Crippen LogP contribution in [-0.2, 0) is 0 Å². The molecule has 0 radical (unpaired) electrons. The van der Waals surface area contributed by atoms with E-state index in [4.69, 9.17) is 30.0 Å². The summed E-state index contributed by atoms with van der Waals surface area (Å²) in [6, 6.07) is 0. The second-order valence-electron chi connectivity index (χ2n) is 0.500. The third-order valence-electron chi connectivity index (χ3n) is 0. The molecule has 0 spiro atoms. The summed E-state index contributed by atoms with van der Waals surface area (Å²) in [4.78, 5) is 16.7. The Labute approximate surface area is 134 Å². The average molecular weight is 345 g/mol. The summed E-state index contributed by atoms with van der Waals surface area (Å²) in [6.45, 7) is 0. The summed E-state index contributed by atoms with van der Waals surface area (Å²) >= 11 is 0. The first-order valence-corrected chi connectivity index (χ1v) is 1.22. The molecule has 0 unspecified atom stereocenters. The van der Waals surface area contributed by atoms with Gasteiger partial charge in [0.05, 0.1) is 0 Å². The molecule has 10 heavy (non-hydrogen) atoms. The molecular weight excluding hydrogens is 345 g/mol. The summed E-state index contributed by atoms with van der Waals surface area (Å²) in [5.41, 5.74) is 0. The number of hydrogen-bond acceptors (Lipinski definition) is 6. The Balaban J connectivity index is -0.0000000300. The van der Waals surface area contributed by atoms with Crippen molar-refractivity contribution in [1.29, 1.82) is 0 Å². The first kappa shape index (κ1) is 22.6. The van der Waals surface area contributed by atoms with E-state index in [9.17, 15) is 0 Å². The molecule has 0 aliphatic heterocycles. The van der Waals surface area contributed by atoms with Crippen LogP contribution in [0.15, 0.2) is 0 Å². The molecule has 0 saturated carbocycles. The molecule has 6 nitrogen and oxygen atoms in total. The first-order valence-electron chi connectivity index (χ1n) is 1.22. The van der Waals surface area contributed by atoms with Crippen molar-refractivity contribution in [3.8, 4) is 0 Å². The molecule has 8 heteroatoms. The maximum Gasteiger partial charge on any atom is 2.00 e. The molecule has 48 valence electrons. The number of rotatable bonds is 0. The fourth-order valence-electron chi connectivity index (χ4n) is 0. The molecule has 0 atom stereocenters. The molecule has 0 N–H and O–H groups in total. The maximum atomic E-state index is 8.33. The van der Waals surface area contributed by atoms with Crippen molar-refractivity contribution < 1.29 is 30.0 Å². The van der Waals surface area contributed by atoms with Crippen LogP contribution in [0.3, 0.4) is 0 Å². The van der Waals surface area contributed by atoms with Crippen molar-refractivity contribution in [3.63, 3.8) is 0 Å². The van der Waals surface area contributed by atoms with Gasteiger partial charge in [-0.25, -0.2) is 0 Å². The summed E-state index contributed by atoms with van der Waals surface area (Å²) in [6.07, 6.45) is -4.67. The molecule has 0 heterocycles. The molecule has 0 fully saturated rings. The largest absolute Gasteiger partial charge is 2.00 e. The Kier molecular flexibility index (Phi) is 38.1. The maximum absolute atomic E-state index is 8.33. The van der Waals surface area contributed by atoms with Crippen LogP contribution in [0.1, 0.15) is 0 Å². The van der Waals surface area contributed by atoms with Gasteiger partial charge in [-0.05, 0) is 12.3 Å². The Morgan fingerprint density at radius 3 is 0.800 bits per heavy atom. The summed E-state index contributed by atoms with van der Waals surface area (Å²) in [5, 5.41) is 33.3. The SMILES string of the molecule is O=C([O-])[O-].O=C([O-])[O-].[Ba+2].[Sr+2]. The Hall–Kier alpha value is 1.59. The number of carboxylic acid groups (broad SMARTS) is 4. The van der Waals surface area contributed by atoms with E-state index in [-0.39, 0.29) is 94.4 Å². The van der Waals surface area contributed by atoms with E-state index in [2.05, 4.69) is 0 Å². The fraction of sp³-hybridized carbons (Fsp3) is 0. The smallest absolute Gasteiger partial charge is 0.652 e. The molecule has 0 rings (SSSR count). The van der Waals surface area contributed by atoms with E-state index < -0.39 is 12.3 Å². The molecule has 0 saturated heterocycles. The van der Waals surface area contributed by atoms with Crippen LogP contribution in [-0.4, -0.2) is 107 Å². The van der Waals surface area contributed by atoms with Crippen molar-refractivity contribution in [1.82, 2.24) is 0 Å². The minimum atomic E-state index is -2.33. The average Bonchev–Trinajstić information content (AvgIpc) is 1.25. The number of carbonyl (C=O) groups excluding carboxylic acids is 2. The second-order valence-corrected chi connectivity index (χ2v) is 0.500. The van der Waals surface area contributed by atoms with Crippen LogP contribution >= 0.6 is 0 Å². The zero-order valence-corrected chi connectivity index (χ0v) is 12.8. The van der Waals surface area contributed by atoms with Gasteiger partial charge in [-0.2, -0.15) is 0 Å². The summed E-state index contributed by atoms with van der Waals surface area (Å²) in [5.74, 6) is 0. The third-order valence-corrected chi connectivity index (χ3v) is 0. The van der Waals surface area contributed by atoms with Gasteiger partial charge in [0.1, 0.15) is 0 Å². The van der Waals surface area contributed by atoms with Gasteiger partial charge in [0.2, 0.25) is 0 Å². The summed E-state index contributed by atoms with van der Waals surface area (Å²) < 4.78 is 0. The Morgan fingerprint density at radius 1 is 0.800 bits per heavy atom. The Morgan fingerprint density at radius 2 is 0.800 bits per heavy atom. The molecule has 0 aliphatic carbocycles. The van der Waals surface area contributed by atoms with Crippen molar-refractivity contribution >= 4 is 107 Å². The first-order chi connectivity index (χ1) is 3.46. The predicted octanol–water partition coefficient (Wildman–Crippen LogP) is -5.66. The normalized spacial score (nSPS) is 4.80. The van der Waals surface area contributed by atoms with Crippen LogP contribution < -0.4 is 20.4 Å². The van der Waals surface area contributed by atoms with E-state index in [1.807, 2.05) is 0 Å². The van der Waals surface area contributed by atoms with Crippen molar-refractivity contribution in [2.75, 3.05) is 0 Å². The van der Waals surface area contributed by atoms with Crippen LogP contribution in [0.25, 0.3) is 0 Å². The van der Waals surface area contributed by atoms with Gasteiger partial charge in [0.15, 0.2) is 0 Å². The van der Waals surface area contributed by atoms with Crippen LogP contribution in [0.4, 0.5) is 9.59 Å². The minimum absolute atomic E-state index is 0. The molecular formula is C2BaO6Sr. The van der Waals surface area contributed by atoms with Gasteiger partial charge in [0, 0.05) is 0 Å². The van der Waals surface area contributed by atoms with Crippen LogP contribution in [0, 0.1) is 0 Å². The number of hydrogen-bond donors (Lipinski definition) is 0.